The summed E-state index contributed by atoms with van der Waals surface area (Å²) in [7, 11) is 0. The number of oxazole rings is 1. The highest BCUT2D eigenvalue weighted by molar-refractivity contribution is 6.04. The third kappa shape index (κ3) is 3.51. The predicted octanol–water partition coefficient (Wildman–Crippen LogP) is 2.18. The number of benzene rings is 1. The zero-order valence-corrected chi connectivity index (χ0v) is 13.3. The second kappa shape index (κ2) is 6.67. The maximum Gasteiger partial charge on any atom is 0.245 e. The minimum Gasteiger partial charge on any atom is -0.441 e. The number of nitriles is 1. The zero-order valence-electron chi connectivity index (χ0n) is 13.3. The van der Waals surface area contributed by atoms with Gasteiger partial charge in [0.25, 0.3) is 0 Å². The molecule has 24 heavy (non-hydrogen) atoms. The molecule has 6 heteroatoms. The first-order valence-electron chi connectivity index (χ1n) is 7.83. The molecule has 1 N–H and O–H groups in total. The average Bonchev–Trinajstić information content (AvgIpc) is 3.31. The van der Waals surface area contributed by atoms with Gasteiger partial charge in [-0.1, -0.05) is 18.2 Å². The first-order valence-corrected chi connectivity index (χ1v) is 7.83. The van der Waals surface area contributed by atoms with Crippen molar-refractivity contribution in [2.45, 2.75) is 32.2 Å². The molecule has 1 saturated carbocycles. The van der Waals surface area contributed by atoms with E-state index in [-0.39, 0.29) is 12.5 Å². The first kappa shape index (κ1) is 15.9. The number of ketones is 1. The Morgan fingerprint density at radius 2 is 2.08 bits per heavy atom. The molecule has 0 spiro atoms. The Hall–Kier alpha value is -2.94. The maximum absolute atomic E-state index is 12.3. The summed E-state index contributed by atoms with van der Waals surface area (Å²) in [5, 5.41) is 11.8. The number of nitrogens with zero attached hydrogens (tertiary/aromatic N) is 2. The van der Waals surface area contributed by atoms with Crippen LogP contribution in [-0.4, -0.2) is 22.7 Å². The molecule has 0 aliphatic heterocycles. The number of aryl methyl sites for hydroxylation is 1. The van der Waals surface area contributed by atoms with Crippen LogP contribution < -0.4 is 5.32 Å². The molecular weight excluding hydrogens is 306 g/mol. The smallest absolute Gasteiger partial charge is 0.245 e. The summed E-state index contributed by atoms with van der Waals surface area (Å²) in [4.78, 5) is 28.6. The molecule has 1 aromatic heterocycles. The molecule has 1 fully saturated rings. The standard InChI is InChI=1S/C18H17N3O3/c1-11-15(21-18(24-11)12-5-3-2-4-6-12)9-16(22)14(10-19)17(23)20-13-7-8-13/h2-6,13-14H,7-9H2,1H3,(H,20,23). The Labute approximate surface area is 139 Å². The summed E-state index contributed by atoms with van der Waals surface area (Å²) in [6.45, 7) is 1.72. The molecule has 1 heterocycles. The van der Waals surface area contributed by atoms with Gasteiger partial charge >= 0.3 is 0 Å². The highest BCUT2D eigenvalue weighted by Crippen LogP contribution is 2.23. The second-order valence-electron chi connectivity index (χ2n) is 5.88. The normalized spacial score (nSPS) is 14.7. The lowest BCUT2D eigenvalue weighted by atomic mass is 10.0. The fraction of sp³-hybridized carbons (Fsp3) is 0.333. The second-order valence-corrected chi connectivity index (χ2v) is 5.88. The Balaban J connectivity index is 1.73. The molecule has 122 valence electrons. The number of hydrogen-bond acceptors (Lipinski definition) is 5. The molecule has 0 radical (unpaired) electrons. The summed E-state index contributed by atoms with van der Waals surface area (Å²) in [6, 6.07) is 11.2. The van der Waals surface area contributed by atoms with E-state index in [9.17, 15) is 9.59 Å². The summed E-state index contributed by atoms with van der Waals surface area (Å²) in [5.41, 5.74) is 1.26. The Morgan fingerprint density at radius 3 is 2.71 bits per heavy atom. The summed E-state index contributed by atoms with van der Waals surface area (Å²) >= 11 is 0. The fourth-order valence-corrected chi connectivity index (χ4v) is 2.35. The van der Waals surface area contributed by atoms with Crippen molar-refractivity contribution in [2.75, 3.05) is 0 Å². The van der Waals surface area contributed by atoms with Gasteiger partial charge in [-0.05, 0) is 31.9 Å². The Kier molecular flexibility index (Phi) is 4.43. The first-order chi connectivity index (χ1) is 11.6. The van der Waals surface area contributed by atoms with Crippen molar-refractivity contribution in [3.05, 3.63) is 41.8 Å². The van der Waals surface area contributed by atoms with E-state index < -0.39 is 17.6 Å². The number of Topliss-reactive ketones (excluding diaryl/α,β-unsaturated/α-hetero) is 1. The van der Waals surface area contributed by atoms with E-state index in [1.54, 1.807) is 13.0 Å². The summed E-state index contributed by atoms with van der Waals surface area (Å²) in [5.74, 6) is -1.35. The number of carbonyl (C=O) groups is 2. The van der Waals surface area contributed by atoms with E-state index in [4.69, 9.17) is 9.68 Å². The molecule has 1 aliphatic carbocycles. The van der Waals surface area contributed by atoms with Crippen LogP contribution in [0, 0.1) is 24.2 Å². The van der Waals surface area contributed by atoms with E-state index in [2.05, 4.69) is 10.3 Å². The van der Waals surface area contributed by atoms with Crippen molar-refractivity contribution in [3.63, 3.8) is 0 Å². The van der Waals surface area contributed by atoms with Gasteiger partial charge in [-0.15, -0.1) is 0 Å². The van der Waals surface area contributed by atoms with Crippen LogP contribution in [0.4, 0.5) is 0 Å². The van der Waals surface area contributed by atoms with E-state index in [0.717, 1.165) is 18.4 Å². The third-order valence-corrected chi connectivity index (χ3v) is 3.89. The predicted molar refractivity (Wildman–Crippen MR) is 85.7 cm³/mol. The molecule has 0 saturated heterocycles. The average molecular weight is 323 g/mol. The van der Waals surface area contributed by atoms with Crippen molar-refractivity contribution in [1.82, 2.24) is 10.3 Å². The van der Waals surface area contributed by atoms with Crippen LogP contribution in [0.2, 0.25) is 0 Å². The molecule has 1 aromatic carbocycles. The lowest BCUT2D eigenvalue weighted by Crippen LogP contribution is -2.36. The van der Waals surface area contributed by atoms with Crippen molar-refractivity contribution in [1.29, 1.82) is 5.26 Å². The highest BCUT2D eigenvalue weighted by atomic mass is 16.4. The SMILES string of the molecule is Cc1oc(-c2ccccc2)nc1CC(=O)C(C#N)C(=O)NC1CC1. The van der Waals surface area contributed by atoms with Gasteiger partial charge in [0.2, 0.25) is 11.8 Å². The minimum atomic E-state index is -1.30. The molecule has 2 aromatic rings. The number of nitrogens with one attached hydrogen (secondary N) is 1. The number of rotatable bonds is 6. The van der Waals surface area contributed by atoms with Crippen molar-refractivity contribution in [2.24, 2.45) is 5.92 Å². The Bertz CT molecular complexity index is 801. The van der Waals surface area contributed by atoms with Crippen LogP contribution in [0.3, 0.4) is 0 Å². The zero-order chi connectivity index (χ0) is 17.1. The van der Waals surface area contributed by atoms with Gasteiger partial charge in [0.1, 0.15) is 5.76 Å². The molecular formula is C18H17N3O3. The van der Waals surface area contributed by atoms with E-state index in [0.29, 0.717) is 17.3 Å². The monoisotopic (exact) mass is 323 g/mol. The fourth-order valence-electron chi connectivity index (χ4n) is 2.35. The minimum absolute atomic E-state index is 0.0987. The van der Waals surface area contributed by atoms with E-state index >= 15 is 0 Å². The molecule has 1 aliphatic rings. The van der Waals surface area contributed by atoms with Crippen LogP contribution in [0.25, 0.3) is 11.5 Å². The highest BCUT2D eigenvalue weighted by Gasteiger charge is 2.32. The van der Waals surface area contributed by atoms with Gasteiger partial charge < -0.3 is 9.73 Å². The summed E-state index contributed by atoms with van der Waals surface area (Å²) in [6.07, 6.45) is 1.71. The van der Waals surface area contributed by atoms with Crippen LogP contribution in [0.5, 0.6) is 0 Å². The summed E-state index contributed by atoms with van der Waals surface area (Å²) < 4.78 is 5.60. The van der Waals surface area contributed by atoms with Crippen LogP contribution >= 0.6 is 0 Å². The van der Waals surface area contributed by atoms with Gasteiger partial charge in [0.05, 0.1) is 18.2 Å². The number of aromatic nitrogens is 1. The van der Waals surface area contributed by atoms with Crippen molar-refractivity contribution < 1.29 is 14.0 Å². The number of carbonyl (C=O) groups excluding carboxylic acids is 2. The third-order valence-electron chi connectivity index (χ3n) is 3.89. The van der Waals surface area contributed by atoms with E-state index in [1.807, 2.05) is 30.3 Å². The van der Waals surface area contributed by atoms with Gasteiger partial charge in [0, 0.05) is 11.6 Å². The maximum atomic E-state index is 12.3. The molecule has 6 nitrogen and oxygen atoms in total. The molecule has 1 atom stereocenters. The lowest BCUT2D eigenvalue weighted by Gasteiger charge is -2.07. The van der Waals surface area contributed by atoms with Crippen molar-refractivity contribution >= 4 is 11.7 Å². The molecule has 0 bridgehead atoms. The van der Waals surface area contributed by atoms with Gasteiger partial charge in [-0.2, -0.15) is 5.26 Å². The van der Waals surface area contributed by atoms with Crippen LogP contribution in [0.15, 0.2) is 34.7 Å². The van der Waals surface area contributed by atoms with Gasteiger partial charge in [-0.25, -0.2) is 4.98 Å². The Morgan fingerprint density at radius 1 is 1.38 bits per heavy atom. The van der Waals surface area contributed by atoms with Gasteiger partial charge in [-0.3, -0.25) is 9.59 Å². The topological polar surface area (TPSA) is 96.0 Å². The van der Waals surface area contributed by atoms with Gasteiger partial charge in [0.15, 0.2) is 11.7 Å². The lowest BCUT2D eigenvalue weighted by molar-refractivity contribution is -0.131. The molecule has 1 unspecified atom stereocenters. The van der Waals surface area contributed by atoms with Crippen molar-refractivity contribution in [3.8, 4) is 17.5 Å². The van der Waals surface area contributed by atoms with Crippen LogP contribution in [0.1, 0.15) is 24.3 Å². The number of hydrogen-bond donors (Lipinski definition) is 1. The largest absolute Gasteiger partial charge is 0.441 e. The molecule has 1 amide bonds. The molecule has 3 rings (SSSR count). The quantitative estimate of drug-likeness (QED) is 0.822. The number of amides is 1. The van der Waals surface area contributed by atoms with Crippen LogP contribution in [-0.2, 0) is 16.0 Å². The van der Waals surface area contributed by atoms with E-state index in [1.165, 1.54) is 0 Å².